The van der Waals surface area contributed by atoms with Gasteiger partial charge in [-0.15, -0.1) is 10.2 Å². The van der Waals surface area contributed by atoms with Gasteiger partial charge in [0.15, 0.2) is 11.0 Å². The summed E-state index contributed by atoms with van der Waals surface area (Å²) in [4.78, 5) is 0. The minimum absolute atomic E-state index is 0.563. The molecule has 0 spiro atoms. The molecule has 31 heavy (non-hydrogen) atoms. The van der Waals surface area contributed by atoms with Crippen LogP contribution in [-0.4, -0.2) is 21.4 Å². The summed E-state index contributed by atoms with van der Waals surface area (Å²) in [5, 5.41) is 13.3. The van der Waals surface area contributed by atoms with Crippen molar-refractivity contribution in [3.05, 3.63) is 94.7 Å². The molecule has 1 heterocycles. The molecule has 158 valence electrons. The first-order valence-electron chi connectivity index (χ1n) is 10.1. The van der Waals surface area contributed by atoms with Crippen LogP contribution in [0.4, 0.5) is 5.69 Å². The van der Waals surface area contributed by atoms with Crippen molar-refractivity contribution in [1.29, 1.82) is 0 Å². The maximum Gasteiger partial charge on any atom is 0.196 e. The lowest BCUT2D eigenvalue weighted by molar-refractivity contribution is 0.340. The Labute approximate surface area is 195 Å². The summed E-state index contributed by atoms with van der Waals surface area (Å²) < 4.78 is 8.71. The lowest BCUT2D eigenvalue weighted by Gasteiger charge is -2.12. The van der Waals surface area contributed by atoms with Crippen LogP contribution in [0.1, 0.15) is 18.3 Å². The van der Waals surface area contributed by atoms with Crippen molar-refractivity contribution in [2.75, 3.05) is 11.9 Å². The normalized spacial score (nSPS) is 10.8. The summed E-state index contributed by atoms with van der Waals surface area (Å²) >= 11 is 5.22. The van der Waals surface area contributed by atoms with Gasteiger partial charge in [0.05, 0.1) is 13.2 Å². The number of halogens is 1. The molecule has 7 heteroatoms. The number of rotatable bonds is 9. The number of para-hydroxylation sites is 1. The number of hydrogen-bond donors (Lipinski definition) is 1. The van der Waals surface area contributed by atoms with E-state index < -0.39 is 0 Å². The summed E-state index contributed by atoms with van der Waals surface area (Å²) in [6.45, 7) is 3.20. The third-order valence-corrected chi connectivity index (χ3v) is 6.08. The highest BCUT2D eigenvalue weighted by atomic mass is 79.9. The molecule has 1 N–H and O–H groups in total. The lowest BCUT2D eigenvalue weighted by atomic mass is 10.2. The van der Waals surface area contributed by atoms with Gasteiger partial charge in [-0.1, -0.05) is 58.0 Å². The second-order valence-electron chi connectivity index (χ2n) is 6.80. The Kier molecular flexibility index (Phi) is 7.27. The molecule has 0 amide bonds. The van der Waals surface area contributed by atoms with Crippen LogP contribution in [0.2, 0.25) is 0 Å². The molecule has 4 aromatic rings. The predicted molar refractivity (Wildman–Crippen MR) is 130 cm³/mol. The first kappa shape index (κ1) is 21.5. The summed E-state index contributed by atoms with van der Waals surface area (Å²) in [5.41, 5.74) is 3.29. The molecule has 0 atom stereocenters. The summed E-state index contributed by atoms with van der Waals surface area (Å²) in [6, 6.07) is 26.5. The van der Waals surface area contributed by atoms with Gasteiger partial charge in [0.1, 0.15) is 5.75 Å². The monoisotopic (exact) mass is 494 g/mol. The number of nitrogens with zero attached hydrogens (tertiary/aromatic N) is 3. The van der Waals surface area contributed by atoms with Crippen molar-refractivity contribution in [1.82, 2.24) is 14.8 Å². The van der Waals surface area contributed by atoms with Gasteiger partial charge in [-0.3, -0.25) is 4.57 Å². The van der Waals surface area contributed by atoms with Crippen LogP contribution in [-0.2, 0) is 12.3 Å². The van der Waals surface area contributed by atoms with E-state index in [1.165, 1.54) is 5.56 Å². The molecular formula is C24H23BrN4OS. The highest BCUT2D eigenvalue weighted by Crippen LogP contribution is 2.27. The van der Waals surface area contributed by atoms with E-state index in [2.05, 4.69) is 60.3 Å². The van der Waals surface area contributed by atoms with Crippen molar-refractivity contribution in [3.8, 4) is 11.4 Å². The van der Waals surface area contributed by atoms with Crippen molar-refractivity contribution >= 4 is 33.4 Å². The standard InChI is InChI=1S/C24H23BrN4OS/c1-2-30-22-13-11-20(12-14-22)26-16-23-27-28-24(29(23)21-9-4-3-5-10-21)31-17-18-7-6-8-19(25)15-18/h3-15,26H,2,16-17H2,1H3. The van der Waals surface area contributed by atoms with Crippen LogP contribution >= 0.6 is 27.7 Å². The quantitative estimate of drug-likeness (QED) is 0.275. The molecular weight excluding hydrogens is 472 g/mol. The van der Waals surface area contributed by atoms with Gasteiger partial charge in [0.2, 0.25) is 0 Å². The van der Waals surface area contributed by atoms with Crippen molar-refractivity contribution in [2.45, 2.75) is 24.4 Å². The maximum absolute atomic E-state index is 5.51. The number of thioether (sulfide) groups is 1. The second kappa shape index (κ2) is 10.5. The van der Waals surface area contributed by atoms with E-state index in [1.807, 2.05) is 61.5 Å². The van der Waals surface area contributed by atoms with Gasteiger partial charge in [-0.2, -0.15) is 0 Å². The molecule has 0 aliphatic carbocycles. The highest BCUT2D eigenvalue weighted by Gasteiger charge is 2.14. The molecule has 0 unspecified atom stereocenters. The molecule has 3 aromatic carbocycles. The Bertz CT molecular complexity index is 1120. The van der Waals surface area contributed by atoms with Gasteiger partial charge in [0.25, 0.3) is 0 Å². The van der Waals surface area contributed by atoms with Crippen molar-refractivity contribution in [2.24, 2.45) is 0 Å². The largest absolute Gasteiger partial charge is 0.494 e. The number of aromatic nitrogens is 3. The molecule has 0 saturated carbocycles. The van der Waals surface area contributed by atoms with Crippen molar-refractivity contribution < 1.29 is 4.74 Å². The third-order valence-electron chi connectivity index (χ3n) is 4.59. The maximum atomic E-state index is 5.51. The van der Waals surface area contributed by atoms with E-state index in [0.717, 1.165) is 38.3 Å². The van der Waals surface area contributed by atoms with E-state index in [4.69, 9.17) is 4.74 Å². The van der Waals surface area contributed by atoms with E-state index in [9.17, 15) is 0 Å². The molecule has 0 aliphatic rings. The molecule has 0 fully saturated rings. The first-order valence-corrected chi connectivity index (χ1v) is 11.8. The topological polar surface area (TPSA) is 52.0 Å². The van der Waals surface area contributed by atoms with Gasteiger partial charge in [-0.05, 0) is 61.0 Å². The molecule has 0 saturated heterocycles. The second-order valence-corrected chi connectivity index (χ2v) is 8.66. The van der Waals surface area contributed by atoms with Gasteiger partial charge in [0, 0.05) is 21.6 Å². The fourth-order valence-electron chi connectivity index (χ4n) is 3.14. The zero-order valence-corrected chi connectivity index (χ0v) is 19.6. The SMILES string of the molecule is CCOc1ccc(NCc2nnc(SCc3cccc(Br)c3)n2-c2ccccc2)cc1. The van der Waals surface area contributed by atoms with Crippen LogP contribution < -0.4 is 10.1 Å². The zero-order chi connectivity index (χ0) is 21.5. The zero-order valence-electron chi connectivity index (χ0n) is 17.2. The van der Waals surface area contributed by atoms with Gasteiger partial charge in [-0.25, -0.2) is 0 Å². The average molecular weight is 495 g/mol. The minimum Gasteiger partial charge on any atom is -0.494 e. The summed E-state index contributed by atoms with van der Waals surface area (Å²) in [5.74, 6) is 2.54. The number of anilines is 1. The fourth-order valence-corrected chi connectivity index (χ4v) is 4.50. The summed E-state index contributed by atoms with van der Waals surface area (Å²) in [6.07, 6.45) is 0. The number of benzene rings is 3. The third kappa shape index (κ3) is 5.68. The Balaban J connectivity index is 1.53. The average Bonchev–Trinajstić information content (AvgIpc) is 3.21. The van der Waals surface area contributed by atoms with E-state index in [1.54, 1.807) is 11.8 Å². The van der Waals surface area contributed by atoms with Crippen LogP contribution in [0.3, 0.4) is 0 Å². The van der Waals surface area contributed by atoms with Gasteiger partial charge >= 0.3 is 0 Å². The van der Waals surface area contributed by atoms with Crippen LogP contribution in [0.25, 0.3) is 5.69 Å². The smallest absolute Gasteiger partial charge is 0.196 e. The number of ether oxygens (including phenoxy) is 1. The molecule has 1 aromatic heterocycles. The van der Waals surface area contributed by atoms with Crippen LogP contribution in [0.5, 0.6) is 5.75 Å². The lowest BCUT2D eigenvalue weighted by Crippen LogP contribution is -2.08. The Hall–Kier alpha value is -2.77. The van der Waals surface area contributed by atoms with E-state index >= 15 is 0 Å². The number of hydrogen-bond acceptors (Lipinski definition) is 5. The fraction of sp³-hybridized carbons (Fsp3) is 0.167. The summed E-state index contributed by atoms with van der Waals surface area (Å²) in [7, 11) is 0. The highest BCUT2D eigenvalue weighted by molar-refractivity contribution is 9.10. The minimum atomic E-state index is 0.563. The molecule has 5 nitrogen and oxygen atoms in total. The van der Waals surface area contributed by atoms with Gasteiger partial charge < -0.3 is 10.1 Å². The molecule has 0 aliphatic heterocycles. The van der Waals surface area contributed by atoms with E-state index in [0.29, 0.717) is 13.2 Å². The Morgan fingerprint density at radius 3 is 2.52 bits per heavy atom. The molecule has 0 bridgehead atoms. The van der Waals surface area contributed by atoms with Crippen molar-refractivity contribution in [3.63, 3.8) is 0 Å². The predicted octanol–water partition coefficient (Wildman–Crippen LogP) is 6.33. The molecule has 0 radical (unpaired) electrons. The molecule has 4 rings (SSSR count). The Morgan fingerprint density at radius 2 is 1.77 bits per heavy atom. The number of nitrogens with one attached hydrogen (secondary N) is 1. The van der Waals surface area contributed by atoms with E-state index in [-0.39, 0.29) is 0 Å². The van der Waals surface area contributed by atoms with Crippen LogP contribution in [0.15, 0.2) is 88.5 Å². The first-order chi connectivity index (χ1) is 15.2. The van der Waals surface area contributed by atoms with Crippen LogP contribution in [0, 0.1) is 0 Å². The Morgan fingerprint density at radius 1 is 0.968 bits per heavy atom.